The third kappa shape index (κ3) is 42.9. The normalized spacial score (nSPS) is 12.4. The minimum absolute atomic E-state index is 0.0790. The topological polar surface area (TPSA) is 61.8 Å². The van der Waals surface area contributed by atoms with Crippen LogP contribution in [0.4, 0.5) is 0 Å². The second kappa shape index (κ2) is 45.5. The predicted octanol–water partition coefficient (Wildman–Crippen LogP) is 15.4. The Labute approximate surface area is 336 Å². The lowest BCUT2D eigenvalue weighted by atomic mass is 10.1. The average Bonchev–Trinajstić information content (AvgIpc) is 3.17. The monoisotopic (exact) mass is 759 g/mol. The first kappa shape index (κ1) is 52.1. The Bertz CT molecular complexity index is 862. The lowest BCUT2D eigenvalue weighted by molar-refractivity contribution is -0.163. The summed E-state index contributed by atoms with van der Waals surface area (Å²) in [5.41, 5.74) is 0. The third-order valence-electron chi connectivity index (χ3n) is 10.1. The average molecular weight is 759 g/mol. The second-order valence-corrected chi connectivity index (χ2v) is 15.7. The van der Waals surface area contributed by atoms with Gasteiger partial charge in [0.2, 0.25) is 0 Å². The van der Waals surface area contributed by atoms with Crippen molar-refractivity contribution < 1.29 is 23.8 Å². The Morgan fingerprint density at radius 2 is 0.778 bits per heavy atom. The third-order valence-corrected chi connectivity index (χ3v) is 10.1. The molecular weight excluding hydrogens is 669 g/mol. The van der Waals surface area contributed by atoms with Crippen LogP contribution in [-0.4, -0.2) is 37.9 Å². The van der Waals surface area contributed by atoms with Crippen LogP contribution in [0.1, 0.15) is 239 Å². The molecule has 0 heterocycles. The maximum absolute atomic E-state index is 12.5. The Morgan fingerprint density at radius 3 is 1.28 bits per heavy atom. The van der Waals surface area contributed by atoms with Gasteiger partial charge in [0.1, 0.15) is 6.61 Å². The highest BCUT2D eigenvalue weighted by Crippen LogP contribution is 2.13. The highest BCUT2D eigenvalue weighted by atomic mass is 16.6. The van der Waals surface area contributed by atoms with Crippen molar-refractivity contribution in [2.75, 3.05) is 19.8 Å². The van der Waals surface area contributed by atoms with Crippen molar-refractivity contribution in [3.05, 3.63) is 36.5 Å². The van der Waals surface area contributed by atoms with Crippen LogP contribution in [0.25, 0.3) is 0 Å². The molecule has 0 rings (SSSR count). The zero-order chi connectivity index (χ0) is 39.3. The number of rotatable bonds is 43. The Kier molecular flexibility index (Phi) is 43.9. The van der Waals surface area contributed by atoms with Crippen LogP contribution in [0.15, 0.2) is 36.5 Å². The summed E-state index contributed by atoms with van der Waals surface area (Å²) < 4.78 is 17.2. The van der Waals surface area contributed by atoms with E-state index in [1.165, 1.54) is 141 Å². The Balaban J connectivity index is 4.05. The van der Waals surface area contributed by atoms with E-state index in [4.69, 9.17) is 14.2 Å². The molecule has 0 N–H and O–H groups in total. The summed E-state index contributed by atoms with van der Waals surface area (Å²) in [5.74, 6) is -0.421. The fourth-order valence-corrected chi connectivity index (χ4v) is 6.59. The number of ether oxygens (including phenoxy) is 3. The largest absolute Gasteiger partial charge is 0.462 e. The first-order valence-corrected chi connectivity index (χ1v) is 23.5. The van der Waals surface area contributed by atoms with Crippen LogP contribution in [0.2, 0.25) is 0 Å². The smallest absolute Gasteiger partial charge is 0.306 e. The molecule has 0 aliphatic heterocycles. The van der Waals surface area contributed by atoms with Gasteiger partial charge in [0, 0.05) is 19.4 Å². The molecule has 5 nitrogen and oxygen atoms in total. The fourth-order valence-electron chi connectivity index (χ4n) is 6.59. The van der Waals surface area contributed by atoms with E-state index in [1.54, 1.807) is 0 Å². The van der Waals surface area contributed by atoms with Gasteiger partial charge in [-0.05, 0) is 77.0 Å². The fraction of sp³-hybridized carbons (Fsp3) is 0.837. The number of carbonyl (C=O) groups is 2. The number of esters is 2. The maximum atomic E-state index is 12.5. The first-order valence-electron chi connectivity index (χ1n) is 23.5. The molecule has 0 radical (unpaired) electrons. The van der Waals surface area contributed by atoms with Gasteiger partial charge >= 0.3 is 11.9 Å². The molecular formula is C49H90O5. The van der Waals surface area contributed by atoms with E-state index in [1.807, 2.05) is 0 Å². The second-order valence-electron chi connectivity index (χ2n) is 15.7. The summed E-state index contributed by atoms with van der Waals surface area (Å²) in [6.45, 7) is 7.72. The maximum Gasteiger partial charge on any atom is 0.306 e. The van der Waals surface area contributed by atoms with Gasteiger partial charge in [-0.2, -0.15) is 0 Å². The van der Waals surface area contributed by atoms with Gasteiger partial charge in [-0.25, -0.2) is 0 Å². The number of unbranched alkanes of at least 4 members (excludes halogenated alkanes) is 26. The molecule has 0 saturated carbocycles. The lowest BCUT2D eigenvalue weighted by Crippen LogP contribution is -2.30. The molecule has 1 unspecified atom stereocenters. The van der Waals surface area contributed by atoms with Crippen molar-refractivity contribution in [3.63, 3.8) is 0 Å². The zero-order valence-corrected chi connectivity index (χ0v) is 36.2. The van der Waals surface area contributed by atoms with Crippen molar-refractivity contribution in [2.24, 2.45) is 0 Å². The number of hydrogen-bond donors (Lipinski definition) is 0. The highest BCUT2D eigenvalue weighted by molar-refractivity contribution is 5.70. The molecule has 5 heteroatoms. The molecule has 0 aliphatic carbocycles. The minimum atomic E-state index is -0.535. The zero-order valence-electron chi connectivity index (χ0n) is 36.2. The number of hydrogen-bond acceptors (Lipinski definition) is 5. The summed E-state index contributed by atoms with van der Waals surface area (Å²) in [7, 11) is 0. The van der Waals surface area contributed by atoms with E-state index in [2.05, 4.69) is 57.2 Å². The van der Waals surface area contributed by atoms with E-state index in [0.29, 0.717) is 19.4 Å². The molecule has 0 spiro atoms. The summed E-state index contributed by atoms with van der Waals surface area (Å²) in [5, 5.41) is 0. The van der Waals surface area contributed by atoms with Gasteiger partial charge < -0.3 is 14.2 Å². The molecule has 0 amide bonds. The van der Waals surface area contributed by atoms with Crippen LogP contribution in [-0.2, 0) is 23.8 Å². The number of allylic oxidation sites excluding steroid dienone is 6. The van der Waals surface area contributed by atoms with Gasteiger partial charge in [0.15, 0.2) is 6.10 Å². The molecule has 0 bridgehead atoms. The van der Waals surface area contributed by atoms with Gasteiger partial charge in [0.05, 0.1) is 6.61 Å². The standard InChI is InChI=1S/C49H90O5/c1-4-7-10-13-15-17-19-21-23-24-25-27-29-31-33-35-38-41-44-52-45-47(54-49(51)43-40-36-12-9-6-3)46-53-48(50)42-39-37-34-32-30-28-26-22-20-18-16-14-11-8-5-2/h16,18,21-23,26,47H,4-15,17,19-20,24-25,27-46H2,1-3H3/b18-16-,23-21-,26-22-. The molecule has 0 aromatic carbocycles. The van der Waals surface area contributed by atoms with E-state index < -0.39 is 6.10 Å². The van der Waals surface area contributed by atoms with Gasteiger partial charge in [0.25, 0.3) is 0 Å². The Hall–Kier alpha value is -1.88. The van der Waals surface area contributed by atoms with Crippen LogP contribution < -0.4 is 0 Å². The summed E-state index contributed by atoms with van der Waals surface area (Å²) >= 11 is 0. The van der Waals surface area contributed by atoms with Gasteiger partial charge in [-0.1, -0.05) is 186 Å². The first-order chi connectivity index (χ1) is 26.6. The SMILES string of the molecule is CCCCC/C=C\C/C=C\CCCCCCCC(=O)OCC(COCCCCCCCCCC/C=C\CCCCCCCC)OC(=O)CCCCCCC. The molecule has 0 aromatic rings. The van der Waals surface area contributed by atoms with Crippen molar-refractivity contribution in [3.8, 4) is 0 Å². The van der Waals surface area contributed by atoms with Crippen LogP contribution in [0.5, 0.6) is 0 Å². The summed E-state index contributed by atoms with van der Waals surface area (Å²) in [6, 6.07) is 0. The van der Waals surface area contributed by atoms with E-state index in [0.717, 1.165) is 64.2 Å². The molecule has 1 atom stereocenters. The van der Waals surface area contributed by atoms with Crippen molar-refractivity contribution >= 4 is 11.9 Å². The summed E-state index contributed by atoms with van der Waals surface area (Å²) in [4.78, 5) is 25.0. The summed E-state index contributed by atoms with van der Waals surface area (Å²) in [6.07, 6.45) is 53.1. The molecule has 316 valence electrons. The lowest BCUT2D eigenvalue weighted by Gasteiger charge is -2.18. The highest BCUT2D eigenvalue weighted by Gasteiger charge is 2.17. The van der Waals surface area contributed by atoms with E-state index in [9.17, 15) is 9.59 Å². The van der Waals surface area contributed by atoms with Crippen molar-refractivity contribution in [2.45, 2.75) is 245 Å². The van der Waals surface area contributed by atoms with Crippen molar-refractivity contribution in [1.82, 2.24) is 0 Å². The molecule has 54 heavy (non-hydrogen) atoms. The quantitative estimate of drug-likeness (QED) is 0.0352. The molecule has 0 fully saturated rings. The van der Waals surface area contributed by atoms with E-state index >= 15 is 0 Å². The minimum Gasteiger partial charge on any atom is -0.462 e. The van der Waals surface area contributed by atoms with Crippen LogP contribution >= 0.6 is 0 Å². The molecule has 0 aromatic heterocycles. The van der Waals surface area contributed by atoms with Crippen LogP contribution in [0, 0.1) is 0 Å². The molecule has 0 saturated heterocycles. The van der Waals surface area contributed by atoms with Gasteiger partial charge in [-0.3, -0.25) is 9.59 Å². The van der Waals surface area contributed by atoms with Crippen LogP contribution in [0.3, 0.4) is 0 Å². The van der Waals surface area contributed by atoms with E-state index in [-0.39, 0.29) is 25.2 Å². The number of carbonyl (C=O) groups excluding carboxylic acids is 2. The molecule has 0 aliphatic rings. The Morgan fingerprint density at radius 1 is 0.407 bits per heavy atom. The van der Waals surface area contributed by atoms with Gasteiger partial charge in [-0.15, -0.1) is 0 Å². The predicted molar refractivity (Wildman–Crippen MR) is 233 cm³/mol. The van der Waals surface area contributed by atoms with Crippen molar-refractivity contribution in [1.29, 1.82) is 0 Å².